The van der Waals surface area contributed by atoms with E-state index in [2.05, 4.69) is 22.3 Å². The van der Waals surface area contributed by atoms with Gasteiger partial charge in [0.15, 0.2) is 0 Å². The molecule has 3 aromatic rings. The van der Waals surface area contributed by atoms with Gasteiger partial charge >= 0.3 is 0 Å². The summed E-state index contributed by atoms with van der Waals surface area (Å²) in [6, 6.07) is 21.0. The number of carbonyl (C=O) groups excluding carboxylic acids is 2. The average Bonchev–Trinajstić information content (AvgIpc) is 3.03. The molecule has 4 rings (SSSR count). The van der Waals surface area contributed by atoms with Crippen LogP contribution in [0.2, 0.25) is 10.0 Å². The number of anilines is 1. The molecule has 1 heterocycles. The zero-order valence-electron chi connectivity index (χ0n) is 24.3. The molecule has 224 valence electrons. The maximum absolute atomic E-state index is 13.8. The minimum absolute atomic E-state index is 0.0298. The molecule has 2 amide bonds. The lowest BCUT2D eigenvalue weighted by atomic mass is 9.98. The Hall–Kier alpha value is -3.14. The summed E-state index contributed by atoms with van der Waals surface area (Å²) < 4.78 is 10.9. The summed E-state index contributed by atoms with van der Waals surface area (Å²) >= 11 is 12.4. The van der Waals surface area contributed by atoms with Crippen LogP contribution in [0.15, 0.2) is 66.7 Å². The van der Waals surface area contributed by atoms with Crippen molar-refractivity contribution in [2.45, 2.75) is 6.04 Å². The highest BCUT2D eigenvalue weighted by Gasteiger charge is 2.27. The number of carbonyl (C=O) groups is 2. The first-order valence-electron chi connectivity index (χ1n) is 14.0. The third kappa shape index (κ3) is 8.24. The van der Waals surface area contributed by atoms with Crippen molar-refractivity contribution in [3.63, 3.8) is 0 Å². The van der Waals surface area contributed by atoms with E-state index in [-0.39, 0.29) is 24.4 Å². The Kier molecular flexibility index (Phi) is 11.6. The van der Waals surface area contributed by atoms with Crippen LogP contribution in [0.3, 0.4) is 0 Å². The van der Waals surface area contributed by atoms with Crippen molar-refractivity contribution in [1.82, 2.24) is 15.1 Å². The Morgan fingerprint density at radius 3 is 2.40 bits per heavy atom. The van der Waals surface area contributed by atoms with E-state index < -0.39 is 0 Å². The molecule has 1 aliphatic rings. The molecule has 8 nitrogen and oxygen atoms in total. The van der Waals surface area contributed by atoms with Gasteiger partial charge in [0.25, 0.3) is 5.91 Å². The number of ether oxygens (including phenoxy) is 2. The van der Waals surface area contributed by atoms with Crippen molar-refractivity contribution < 1.29 is 19.1 Å². The second-order valence-corrected chi connectivity index (χ2v) is 11.0. The van der Waals surface area contributed by atoms with Gasteiger partial charge in [-0.05, 0) is 47.0 Å². The van der Waals surface area contributed by atoms with E-state index in [1.54, 1.807) is 32.4 Å². The molecule has 3 aromatic carbocycles. The predicted molar refractivity (Wildman–Crippen MR) is 169 cm³/mol. The van der Waals surface area contributed by atoms with E-state index in [1.165, 1.54) is 0 Å². The number of nitrogens with zero attached hydrogens (tertiary/aromatic N) is 3. The highest BCUT2D eigenvalue weighted by molar-refractivity contribution is 6.42. The fourth-order valence-electron chi connectivity index (χ4n) is 4.99. The fourth-order valence-corrected chi connectivity index (χ4v) is 5.29. The number of rotatable bonds is 12. The number of halogens is 2. The summed E-state index contributed by atoms with van der Waals surface area (Å²) in [5.74, 6) is -0.155. The third-order valence-corrected chi connectivity index (χ3v) is 8.28. The standard InChI is InChI=1S/C32H38Cl2N4O4/c1-35-32(40)26-6-4-5-25(19-26)23-7-9-24(10-8-23)30(21-37-13-17-42-18-14-37)36(2)31(39)22-38(15-16-41-3)27-11-12-28(33)29(34)20-27/h4-12,19-20,30H,13-18,21-22H2,1-3H3,(H,35,40). The smallest absolute Gasteiger partial charge is 0.251 e. The number of methoxy groups -OCH3 is 1. The maximum Gasteiger partial charge on any atom is 0.251 e. The molecular formula is C32H38Cl2N4O4. The van der Waals surface area contributed by atoms with Gasteiger partial charge in [-0.25, -0.2) is 0 Å². The summed E-state index contributed by atoms with van der Waals surface area (Å²) in [5, 5.41) is 3.57. The van der Waals surface area contributed by atoms with Gasteiger partial charge < -0.3 is 24.6 Å². The number of benzene rings is 3. The van der Waals surface area contributed by atoms with Crippen LogP contribution in [-0.4, -0.2) is 95.4 Å². The van der Waals surface area contributed by atoms with Gasteiger partial charge in [0.05, 0.1) is 42.5 Å². The molecule has 1 fully saturated rings. The Morgan fingerprint density at radius 1 is 1.00 bits per heavy atom. The van der Waals surface area contributed by atoms with Crippen molar-refractivity contribution >= 4 is 40.7 Å². The van der Waals surface area contributed by atoms with E-state index in [4.69, 9.17) is 32.7 Å². The Bertz CT molecular complexity index is 1350. The molecule has 42 heavy (non-hydrogen) atoms. The van der Waals surface area contributed by atoms with E-state index >= 15 is 0 Å². The summed E-state index contributed by atoms with van der Waals surface area (Å²) in [7, 11) is 5.12. The maximum atomic E-state index is 13.8. The van der Waals surface area contributed by atoms with Crippen molar-refractivity contribution in [3.8, 4) is 11.1 Å². The van der Waals surface area contributed by atoms with Gasteiger partial charge in [0, 0.05) is 58.6 Å². The Morgan fingerprint density at radius 2 is 1.74 bits per heavy atom. The van der Waals surface area contributed by atoms with Crippen LogP contribution < -0.4 is 10.2 Å². The van der Waals surface area contributed by atoms with Crippen LogP contribution in [-0.2, 0) is 14.3 Å². The number of amides is 2. The molecular weight excluding hydrogens is 575 g/mol. The monoisotopic (exact) mass is 612 g/mol. The van der Waals surface area contributed by atoms with Crippen molar-refractivity contribution in [2.75, 3.05) is 78.6 Å². The second kappa shape index (κ2) is 15.4. The minimum atomic E-state index is -0.181. The number of hydrogen-bond donors (Lipinski definition) is 1. The molecule has 0 spiro atoms. The molecule has 1 saturated heterocycles. The lowest BCUT2D eigenvalue weighted by Crippen LogP contribution is -2.46. The van der Waals surface area contributed by atoms with Gasteiger partial charge in [-0.1, -0.05) is 59.6 Å². The van der Waals surface area contributed by atoms with Crippen LogP contribution in [0.1, 0.15) is 22.0 Å². The molecule has 0 bridgehead atoms. The number of nitrogens with one attached hydrogen (secondary N) is 1. The van der Waals surface area contributed by atoms with E-state index in [0.29, 0.717) is 48.5 Å². The number of likely N-dealkylation sites (N-methyl/N-ethyl adjacent to an activating group) is 1. The van der Waals surface area contributed by atoms with Gasteiger partial charge in [-0.3, -0.25) is 14.5 Å². The third-order valence-electron chi connectivity index (χ3n) is 7.54. The topological polar surface area (TPSA) is 74.4 Å². The Labute approximate surface area is 258 Å². The molecule has 10 heteroatoms. The average molecular weight is 614 g/mol. The zero-order valence-corrected chi connectivity index (χ0v) is 25.8. The quantitative estimate of drug-likeness (QED) is 0.310. The van der Waals surface area contributed by atoms with Gasteiger partial charge in [-0.2, -0.15) is 0 Å². The summed E-state index contributed by atoms with van der Waals surface area (Å²) in [5.41, 5.74) is 4.38. The van der Waals surface area contributed by atoms with E-state index in [0.717, 1.165) is 35.5 Å². The van der Waals surface area contributed by atoms with Gasteiger partial charge in [0.2, 0.25) is 5.91 Å². The lowest BCUT2D eigenvalue weighted by Gasteiger charge is -2.36. The van der Waals surface area contributed by atoms with E-state index in [1.807, 2.05) is 53.2 Å². The summed E-state index contributed by atoms with van der Waals surface area (Å²) in [4.78, 5) is 32.1. The first kappa shape index (κ1) is 31.8. The molecule has 1 aliphatic heterocycles. The van der Waals surface area contributed by atoms with Crippen LogP contribution in [0, 0.1) is 0 Å². The SMILES string of the molecule is CNC(=O)c1cccc(-c2ccc(C(CN3CCOCC3)N(C)C(=O)CN(CCOC)c3ccc(Cl)c(Cl)c3)cc2)c1. The highest BCUT2D eigenvalue weighted by Crippen LogP contribution is 2.29. The minimum Gasteiger partial charge on any atom is -0.383 e. The van der Waals surface area contributed by atoms with Crippen LogP contribution in [0.25, 0.3) is 11.1 Å². The second-order valence-electron chi connectivity index (χ2n) is 10.2. The predicted octanol–water partition coefficient (Wildman–Crippen LogP) is 5.00. The highest BCUT2D eigenvalue weighted by atomic mass is 35.5. The van der Waals surface area contributed by atoms with Crippen molar-refractivity contribution in [3.05, 3.63) is 87.9 Å². The summed E-state index contributed by atoms with van der Waals surface area (Å²) in [6.45, 7) is 4.78. The summed E-state index contributed by atoms with van der Waals surface area (Å²) in [6.07, 6.45) is 0. The molecule has 0 radical (unpaired) electrons. The molecule has 1 N–H and O–H groups in total. The van der Waals surface area contributed by atoms with Crippen LogP contribution >= 0.6 is 23.2 Å². The van der Waals surface area contributed by atoms with E-state index in [9.17, 15) is 9.59 Å². The zero-order chi connectivity index (χ0) is 30.1. The molecule has 0 aliphatic carbocycles. The molecule has 0 aromatic heterocycles. The number of morpholine rings is 1. The normalized spacial score (nSPS) is 14.3. The Balaban J connectivity index is 1.58. The largest absolute Gasteiger partial charge is 0.383 e. The lowest BCUT2D eigenvalue weighted by molar-refractivity contribution is -0.131. The van der Waals surface area contributed by atoms with Gasteiger partial charge in [0.1, 0.15) is 0 Å². The van der Waals surface area contributed by atoms with Crippen molar-refractivity contribution in [2.24, 2.45) is 0 Å². The van der Waals surface area contributed by atoms with Crippen molar-refractivity contribution in [1.29, 1.82) is 0 Å². The molecule has 1 atom stereocenters. The molecule has 0 saturated carbocycles. The first-order chi connectivity index (χ1) is 20.3. The fraction of sp³-hybridized carbons (Fsp3) is 0.375. The van der Waals surface area contributed by atoms with Crippen LogP contribution in [0.4, 0.5) is 5.69 Å². The molecule has 1 unspecified atom stereocenters. The number of hydrogen-bond acceptors (Lipinski definition) is 6. The van der Waals surface area contributed by atoms with Gasteiger partial charge in [-0.15, -0.1) is 0 Å². The van der Waals surface area contributed by atoms with Crippen LogP contribution in [0.5, 0.6) is 0 Å². The first-order valence-corrected chi connectivity index (χ1v) is 14.7.